The summed E-state index contributed by atoms with van der Waals surface area (Å²) in [5, 5.41) is 7.40. The lowest BCUT2D eigenvalue weighted by Gasteiger charge is -2.43. The molecule has 3 aromatic heterocycles. The highest BCUT2D eigenvalue weighted by Gasteiger charge is 2.42. The molecule has 5 aromatic rings. The number of hydrogen-bond donors (Lipinski definition) is 2. The second-order valence-corrected chi connectivity index (χ2v) is 17.3. The van der Waals surface area contributed by atoms with Crippen molar-refractivity contribution >= 4 is 51.6 Å². The Hall–Kier alpha value is -6.04. The average Bonchev–Trinajstić information content (AvgIpc) is 4.10. The summed E-state index contributed by atoms with van der Waals surface area (Å²) in [6.45, 7) is 7.70. The van der Waals surface area contributed by atoms with E-state index in [0.29, 0.717) is 34.7 Å². The number of hydrogen-bond acceptors (Lipinski definition) is 11. The van der Waals surface area contributed by atoms with Crippen LogP contribution in [0.5, 0.6) is 0 Å². The predicted molar refractivity (Wildman–Crippen MR) is 228 cm³/mol. The first-order chi connectivity index (χ1) is 29.8. The van der Waals surface area contributed by atoms with Crippen LogP contribution in [-0.4, -0.2) is 110 Å². The van der Waals surface area contributed by atoms with Crippen LogP contribution in [0.25, 0.3) is 11.1 Å². The zero-order valence-corrected chi connectivity index (χ0v) is 34.5. The Morgan fingerprint density at radius 3 is 2.43 bits per heavy atom. The largest absolute Gasteiger partial charge is 0.371 e. The Labute approximate surface area is 356 Å². The minimum Gasteiger partial charge on any atom is -0.371 e. The number of aromatic nitrogens is 4. The molecule has 314 valence electrons. The molecular weight excluding hydrogens is 798 g/mol. The lowest BCUT2D eigenvalue weighted by atomic mass is 9.98. The SMILES string of the molecule is O=C1CCN(c2ccc(CN3CCN(C4CCN(c5ccc(-c6cc(F)c7c(c6)C(=O)N(C(C(=O)Nc6nccs6)c6ncn8c6CCC8)C7)cc5)CC4)CC3)nc2)C(=O)N1. The molecule has 10 rings (SSSR count). The Balaban J connectivity index is 0.743. The van der Waals surface area contributed by atoms with E-state index in [-0.39, 0.29) is 30.0 Å². The van der Waals surface area contributed by atoms with E-state index in [9.17, 15) is 19.2 Å². The fourth-order valence-electron chi connectivity index (χ4n) is 9.52. The fraction of sp³-hybridized carbons (Fsp3) is 0.386. The van der Waals surface area contributed by atoms with Gasteiger partial charge in [-0.05, 0) is 73.2 Å². The number of thiazole rings is 1. The lowest BCUT2D eigenvalue weighted by molar-refractivity contribution is -0.121. The molecule has 5 aliphatic rings. The zero-order chi connectivity index (χ0) is 41.6. The summed E-state index contributed by atoms with van der Waals surface area (Å²) in [6, 6.07) is 14.3. The summed E-state index contributed by atoms with van der Waals surface area (Å²) in [4.78, 5) is 75.5. The summed E-state index contributed by atoms with van der Waals surface area (Å²) in [6.07, 6.45) is 9.14. The number of nitrogens with one attached hydrogen (secondary N) is 2. The molecule has 15 nitrogen and oxygen atoms in total. The summed E-state index contributed by atoms with van der Waals surface area (Å²) in [5.41, 5.74) is 6.19. The third kappa shape index (κ3) is 7.77. The number of aryl methyl sites for hydroxylation is 1. The summed E-state index contributed by atoms with van der Waals surface area (Å²) in [5.74, 6) is -1.54. The van der Waals surface area contributed by atoms with Crippen molar-refractivity contribution < 1.29 is 23.6 Å². The van der Waals surface area contributed by atoms with Crippen LogP contribution in [0.4, 0.5) is 25.7 Å². The van der Waals surface area contributed by atoms with E-state index in [2.05, 4.69) is 52.4 Å². The van der Waals surface area contributed by atoms with E-state index < -0.39 is 29.7 Å². The molecule has 61 heavy (non-hydrogen) atoms. The monoisotopic (exact) mass is 843 g/mol. The van der Waals surface area contributed by atoms with Crippen molar-refractivity contribution in [2.45, 2.75) is 63.8 Å². The summed E-state index contributed by atoms with van der Waals surface area (Å²) < 4.78 is 18.0. The first kappa shape index (κ1) is 39.1. The maximum atomic E-state index is 15.9. The van der Waals surface area contributed by atoms with E-state index in [1.807, 2.05) is 28.8 Å². The van der Waals surface area contributed by atoms with Gasteiger partial charge in [0.25, 0.3) is 11.8 Å². The number of imidazole rings is 1. The summed E-state index contributed by atoms with van der Waals surface area (Å²) in [7, 11) is 0. The second-order valence-electron chi connectivity index (χ2n) is 16.4. The van der Waals surface area contributed by atoms with Crippen LogP contribution < -0.4 is 20.4 Å². The molecule has 8 heterocycles. The first-order valence-corrected chi connectivity index (χ1v) is 21.9. The van der Waals surface area contributed by atoms with Gasteiger partial charge in [0.15, 0.2) is 11.2 Å². The molecular formula is C44H46FN11O4S. The number of pyridine rings is 1. The summed E-state index contributed by atoms with van der Waals surface area (Å²) >= 11 is 1.29. The predicted octanol–water partition coefficient (Wildman–Crippen LogP) is 5.06. The van der Waals surface area contributed by atoms with Crippen molar-refractivity contribution in [3.05, 3.63) is 107 Å². The number of rotatable bonds is 10. The number of benzene rings is 2. The Bertz CT molecular complexity index is 2460. The molecule has 1 unspecified atom stereocenters. The van der Waals surface area contributed by atoms with Crippen LogP contribution in [0.1, 0.15) is 64.7 Å². The zero-order valence-electron chi connectivity index (χ0n) is 33.6. The van der Waals surface area contributed by atoms with E-state index >= 15 is 4.39 Å². The van der Waals surface area contributed by atoms with Crippen LogP contribution in [0.2, 0.25) is 0 Å². The van der Waals surface area contributed by atoms with Crippen molar-refractivity contribution in [2.75, 3.05) is 60.9 Å². The molecule has 2 aromatic carbocycles. The lowest BCUT2D eigenvalue weighted by Crippen LogP contribution is -2.53. The normalized spacial score (nSPS) is 19.3. The van der Waals surface area contributed by atoms with Gasteiger partial charge in [0.1, 0.15) is 5.82 Å². The Morgan fingerprint density at radius 2 is 1.69 bits per heavy atom. The smallest absolute Gasteiger partial charge is 0.328 e. The van der Waals surface area contributed by atoms with Gasteiger partial charge >= 0.3 is 6.03 Å². The van der Waals surface area contributed by atoms with E-state index in [4.69, 9.17) is 0 Å². The molecule has 0 aliphatic carbocycles. The molecule has 1 atom stereocenters. The number of amides is 5. The van der Waals surface area contributed by atoms with Crippen LogP contribution >= 0.6 is 11.3 Å². The number of halogens is 1. The van der Waals surface area contributed by atoms with Crippen molar-refractivity contribution in [2.24, 2.45) is 0 Å². The Morgan fingerprint density at radius 1 is 0.885 bits per heavy atom. The molecule has 0 spiro atoms. The third-order valence-corrected chi connectivity index (χ3v) is 13.5. The van der Waals surface area contributed by atoms with Gasteiger partial charge in [-0.2, -0.15) is 0 Å². The molecule has 5 aliphatic heterocycles. The van der Waals surface area contributed by atoms with Crippen LogP contribution in [-0.2, 0) is 35.6 Å². The third-order valence-electron chi connectivity index (χ3n) is 12.8. The quantitative estimate of drug-likeness (QED) is 0.195. The number of piperidine rings is 1. The topological polar surface area (TPSA) is 152 Å². The molecule has 2 N–H and O–H groups in total. The number of anilines is 3. The highest BCUT2D eigenvalue weighted by molar-refractivity contribution is 7.13. The van der Waals surface area contributed by atoms with Crippen LogP contribution in [0.3, 0.4) is 0 Å². The van der Waals surface area contributed by atoms with Gasteiger partial charge < -0.3 is 14.4 Å². The highest BCUT2D eigenvalue weighted by Crippen LogP contribution is 2.38. The minimum absolute atomic E-state index is 0.0343. The van der Waals surface area contributed by atoms with Gasteiger partial charge in [0.2, 0.25) is 5.91 Å². The van der Waals surface area contributed by atoms with Crippen molar-refractivity contribution in [3.63, 3.8) is 0 Å². The minimum atomic E-state index is -1.03. The van der Waals surface area contributed by atoms with E-state index in [0.717, 1.165) is 101 Å². The van der Waals surface area contributed by atoms with E-state index in [1.54, 1.807) is 35.1 Å². The molecule has 0 radical (unpaired) electrons. The maximum Gasteiger partial charge on any atom is 0.328 e. The number of carbonyl (C=O) groups is 4. The number of fused-ring (bicyclic) bond motifs is 2. The van der Waals surface area contributed by atoms with Gasteiger partial charge in [-0.3, -0.25) is 44.7 Å². The molecule has 0 bridgehead atoms. The molecule has 5 amide bonds. The van der Waals surface area contributed by atoms with Gasteiger partial charge in [0.05, 0.1) is 36.1 Å². The van der Waals surface area contributed by atoms with Gasteiger partial charge in [-0.15, -0.1) is 11.3 Å². The Kier molecular flexibility index (Phi) is 10.5. The van der Waals surface area contributed by atoms with Crippen molar-refractivity contribution in [1.82, 2.24) is 39.5 Å². The molecule has 3 saturated heterocycles. The highest BCUT2D eigenvalue weighted by atomic mass is 32.1. The van der Waals surface area contributed by atoms with Crippen molar-refractivity contribution in [1.29, 1.82) is 0 Å². The number of nitrogens with zero attached hydrogens (tertiary/aromatic N) is 9. The number of carbonyl (C=O) groups excluding carboxylic acids is 4. The van der Waals surface area contributed by atoms with Crippen molar-refractivity contribution in [3.8, 4) is 11.1 Å². The second kappa shape index (κ2) is 16.4. The number of piperazine rings is 1. The molecule has 17 heteroatoms. The van der Waals surface area contributed by atoms with Gasteiger partial charge in [-0.25, -0.2) is 19.2 Å². The standard InChI is InChI=1S/C44H46FN11O4S/c45-36-23-29(22-34-35(36)26-56(42(34)59)40(41(58)50-43-46-12-21-61-43)39-37-2-1-13-54(37)27-48-39)28-3-6-31(7-4-28)52-14-9-32(10-15-52)53-19-17-51(18-20-53)25-30-5-8-33(24-47-30)55-16-11-38(57)49-44(55)60/h3-8,12,21-24,27,32,40H,1-2,9-11,13-20,25-26H2,(H,46,50,58)(H,49,57,60). The van der Waals surface area contributed by atoms with Crippen LogP contribution in [0.15, 0.2) is 72.6 Å². The fourth-order valence-corrected chi connectivity index (χ4v) is 10.0. The van der Waals surface area contributed by atoms with Crippen LogP contribution in [0, 0.1) is 5.82 Å². The van der Waals surface area contributed by atoms with Gasteiger partial charge in [0, 0.05) is 105 Å². The molecule has 3 fully saturated rings. The maximum absolute atomic E-state index is 15.9. The van der Waals surface area contributed by atoms with Gasteiger partial charge in [-0.1, -0.05) is 12.1 Å². The average molecular weight is 844 g/mol. The molecule has 0 saturated carbocycles. The number of urea groups is 1. The number of imide groups is 1. The van der Waals surface area contributed by atoms with E-state index in [1.165, 1.54) is 22.3 Å². The first-order valence-electron chi connectivity index (χ1n) is 21.0.